The van der Waals surface area contributed by atoms with Gasteiger partial charge in [-0.05, 0) is 36.8 Å². The zero-order valence-electron chi connectivity index (χ0n) is 13.2. The maximum absolute atomic E-state index is 12.8. The lowest BCUT2D eigenvalue weighted by Crippen LogP contribution is -2.37. The summed E-state index contributed by atoms with van der Waals surface area (Å²) < 4.78 is 9.68. The van der Waals surface area contributed by atoms with Gasteiger partial charge in [0.05, 0.1) is 19.8 Å². The lowest BCUT2D eigenvalue weighted by molar-refractivity contribution is -0.134. The van der Waals surface area contributed by atoms with Crippen LogP contribution >= 0.6 is 0 Å². The van der Waals surface area contributed by atoms with Crippen LogP contribution in [0, 0.1) is 0 Å². The van der Waals surface area contributed by atoms with Crippen molar-refractivity contribution in [3.05, 3.63) is 53.4 Å². The first kappa shape index (κ1) is 16.6. The minimum Gasteiger partial charge on any atom is -0.497 e. The second kappa shape index (κ2) is 8.03. The molecule has 0 atom stereocenters. The molecule has 0 saturated carbocycles. The molecule has 122 valence electrons. The number of rotatable bonds is 5. The summed E-state index contributed by atoms with van der Waals surface area (Å²) in [4.78, 5) is 24.1. The second-order valence-corrected chi connectivity index (χ2v) is 4.91. The molecule has 0 radical (unpaired) electrons. The standard InChI is InChI=1S/C17H20N2O4/c1-22-13-6-4-12(5-7-13)16(21)14(8-9-15(20)23-2)17-18-10-3-11-19-17/h4-9,18-19H,3,10-11H2,1-2H3/b9-8+. The van der Waals surface area contributed by atoms with E-state index in [1.807, 2.05) is 0 Å². The summed E-state index contributed by atoms with van der Waals surface area (Å²) >= 11 is 0. The van der Waals surface area contributed by atoms with E-state index < -0.39 is 5.97 Å². The van der Waals surface area contributed by atoms with Gasteiger partial charge < -0.3 is 20.1 Å². The van der Waals surface area contributed by atoms with Crippen LogP contribution < -0.4 is 15.4 Å². The van der Waals surface area contributed by atoms with E-state index in [1.165, 1.54) is 19.3 Å². The average molecular weight is 316 g/mol. The zero-order valence-corrected chi connectivity index (χ0v) is 13.2. The molecule has 1 aromatic rings. The molecule has 0 amide bonds. The van der Waals surface area contributed by atoms with E-state index >= 15 is 0 Å². The number of Topliss-reactive ketones (excluding diaryl/α,β-unsaturated/α-hetero) is 1. The summed E-state index contributed by atoms with van der Waals surface area (Å²) in [6.07, 6.45) is 3.68. The number of hydrogen-bond acceptors (Lipinski definition) is 6. The first-order valence-corrected chi connectivity index (χ1v) is 7.32. The lowest BCUT2D eigenvalue weighted by Gasteiger charge is -2.21. The minimum atomic E-state index is -0.513. The zero-order chi connectivity index (χ0) is 16.7. The Hall–Kier alpha value is -2.76. The molecular weight excluding hydrogens is 296 g/mol. The number of benzene rings is 1. The average Bonchev–Trinajstić information content (AvgIpc) is 2.62. The van der Waals surface area contributed by atoms with Gasteiger partial charge in [-0.1, -0.05) is 0 Å². The van der Waals surface area contributed by atoms with E-state index in [1.54, 1.807) is 31.4 Å². The van der Waals surface area contributed by atoms with E-state index in [-0.39, 0.29) is 5.78 Å². The molecule has 0 unspecified atom stereocenters. The number of carbonyl (C=O) groups excluding carboxylic acids is 2. The summed E-state index contributed by atoms with van der Waals surface area (Å²) in [5.74, 6) is 0.595. The maximum Gasteiger partial charge on any atom is 0.330 e. The second-order valence-electron chi connectivity index (χ2n) is 4.91. The number of hydrogen-bond donors (Lipinski definition) is 2. The summed E-state index contributed by atoms with van der Waals surface area (Å²) in [5, 5.41) is 6.31. The fourth-order valence-corrected chi connectivity index (χ4v) is 2.16. The van der Waals surface area contributed by atoms with Gasteiger partial charge in [-0.2, -0.15) is 0 Å². The number of esters is 1. The van der Waals surface area contributed by atoms with Gasteiger partial charge in [0.2, 0.25) is 0 Å². The number of nitrogens with one attached hydrogen (secondary N) is 2. The van der Waals surface area contributed by atoms with Crippen molar-refractivity contribution < 1.29 is 19.1 Å². The highest BCUT2D eigenvalue weighted by Crippen LogP contribution is 2.17. The molecule has 0 bridgehead atoms. The molecule has 6 nitrogen and oxygen atoms in total. The van der Waals surface area contributed by atoms with Crippen LogP contribution in [0.3, 0.4) is 0 Å². The van der Waals surface area contributed by atoms with Crippen LogP contribution in [0.1, 0.15) is 16.8 Å². The molecule has 0 aromatic heterocycles. The maximum atomic E-state index is 12.8. The number of ether oxygens (including phenoxy) is 2. The highest BCUT2D eigenvalue weighted by molar-refractivity contribution is 6.11. The van der Waals surface area contributed by atoms with E-state index in [0.29, 0.717) is 22.7 Å². The van der Waals surface area contributed by atoms with Crippen LogP contribution in [0.15, 0.2) is 47.8 Å². The van der Waals surface area contributed by atoms with Crippen molar-refractivity contribution in [2.75, 3.05) is 27.3 Å². The number of methoxy groups -OCH3 is 2. The first-order chi connectivity index (χ1) is 11.2. The van der Waals surface area contributed by atoms with Gasteiger partial charge in [-0.25, -0.2) is 4.79 Å². The Bertz CT molecular complexity index is 624. The van der Waals surface area contributed by atoms with E-state index in [2.05, 4.69) is 15.4 Å². The van der Waals surface area contributed by atoms with Crippen molar-refractivity contribution in [2.45, 2.75) is 6.42 Å². The smallest absolute Gasteiger partial charge is 0.330 e. The molecular formula is C17H20N2O4. The highest BCUT2D eigenvalue weighted by atomic mass is 16.5. The van der Waals surface area contributed by atoms with Crippen LogP contribution in [-0.4, -0.2) is 39.1 Å². The Morgan fingerprint density at radius 1 is 1.04 bits per heavy atom. The number of allylic oxidation sites excluding steroid dienone is 2. The molecule has 0 aliphatic carbocycles. The Labute approximate surface area is 135 Å². The minimum absolute atomic E-state index is 0.190. The van der Waals surface area contributed by atoms with Crippen molar-refractivity contribution in [2.24, 2.45) is 0 Å². The van der Waals surface area contributed by atoms with Gasteiger partial charge in [-0.3, -0.25) is 4.79 Å². The molecule has 0 spiro atoms. The fraction of sp³-hybridized carbons (Fsp3) is 0.294. The first-order valence-electron chi connectivity index (χ1n) is 7.32. The summed E-state index contributed by atoms with van der Waals surface area (Å²) in [5.41, 5.74) is 0.900. The van der Waals surface area contributed by atoms with E-state index in [0.717, 1.165) is 19.5 Å². The molecule has 1 saturated heterocycles. The highest BCUT2D eigenvalue weighted by Gasteiger charge is 2.17. The third-order valence-corrected chi connectivity index (χ3v) is 3.41. The largest absolute Gasteiger partial charge is 0.497 e. The van der Waals surface area contributed by atoms with Crippen molar-refractivity contribution in [3.63, 3.8) is 0 Å². The molecule has 1 aliphatic heterocycles. The molecule has 23 heavy (non-hydrogen) atoms. The van der Waals surface area contributed by atoms with Crippen molar-refractivity contribution in [1.82, 2.24) is 10.6 Å². The van der Waals surface area contributed by atoms with Crippen LogP contribution in [0.25, 0.3) is 0 Å². The third kappa shape index (κ3) is 4.35. The summed E-state index contributed by atoms with van der Waals surface area (Å²) in [6.45, 7) is 1.54. The van der Waals surface area contributed by atoms with Crippen molar-refractivity contribution in [3.8, 4) is 5.75 Å². The molecule has 2 rings (SSSR count). The van der Waals surface area contributed by atoms with Gasteiger partial charge in [0.15, 0.2) is 5.78 Å². The van der Waals surface area contributed by atoms with Gasteiger partial charge in [0.25, 0.3) is 0 Å². The number of ketones is 1. The predicted molar refractivity (Wildman–Crippen MR) is 86.1 cm³/mol. The van der Waals surface area contributed by atoms with Gasteiger partial charge in [0, 0.05) is 24.7 Å². The third-order valence-electron chi connectivity index (χ3n) is 3.41. The lowest BCUT2D eigenvalue weighted by atomic mass is 10.0. The normalized spacial score (nSPS) is 13.9. The Kier molecular flexibility index (Phi) is 5.80. The molecule has 2 N–H and O–H groups in total. The van der Waals surface area contributed by atoms with Gasteiger partial charge in [-0.15, -0.1) is 0 Å². The SMILES string of the molecule is COC(=O)/C=C/C(C(=O)c1ccc(OC)cc1)=C1NCCCN1. The van der Waals surface area contributed by atoms with Crippen molar-refractivity contribution >= 4 is 11.8 Å². The van der Waals surface area contributed by atoms with Crippen LogP contribution in [-0.2, 0) is 9.53 Å². The molecule has 1 heterocycles. The predicted octanol–water partition coefficient (Wildman–Crippen LogP) is 1.40. The monoisotopic (exact) mass is 316 g/mol. The molecule has 1 aromatic carbocycles. The van der Waals surface area contributed by atoms with Crippen LogP contribution in [0.5, 0.6) is 5.75 Å². The van der Waals surface area contributed by atoms with Gasteiger partial charge in [0.1, 0.15) is 11.6 Å². The number of carbonyl (C=O) groups is 2. The van der Waals surface area contributed by atoms with E-state index in [9.17, 15) is 9.59 Å². The Morgan fingerprint density at radius 2 is 1.70 bits per heavy atom. The summed E-state index contributed by atoms with van der Waals surface area (Å²) in [6, 6.07) is 6.83. The van der Waals surface area contributed by atoms with Crippen molar-refractivity contribution in [1.29, 1.82) is 0 Å². The van der Waals surface area contributed by atoms with Gasteiger partial charge >= 0.3 is 5.97 Å². The topological polar surface area (TPSA) is 76.7 Å². The Balaban J connectivity index is 2.33. The molecule has 6 heteroatoms. The quantitative estimate of drug-likeness (QED) is 0.486. The van der Waals surface area contributed by atoms with Crippen LogP contribution in [0.2, 0.25) is 0 Å². The Morgan fingerprint density at radius 3 is 2.26 bits per heavy atom. The fourth-order valence-electron chi connectivity index (χ4n) is 2.16. The summed E-state index contributed by atoms with van der Waals surface area (Å²) in [7, 11) is 2.86. The van der Waals surface area contributed by atoms with Crippen LogP contribution in [0.4, 0.5) is 0 Å². The van der Waals surface area contributed by atoms with E-state index in [4.69, 9.17) is 4.74 Å². The molecule has 1 fully saturated rings. The molecule has 1 aliphatic rings.